The Morgan fingerprint density at radius 1 is 1.36 bits per heavy atom. The molecule has 1 amide bonds. The molecule has 0 aliphatic heterocycles. The van der Waals surface area contributed by atoms with E-state index in [0.29, 0.717) is 5.71 Å². The zero-order chi connectivity index (χ0) is 19.2. The molecule has 1 aromatic heterocycles. The maximum atomic E-state index is 12.4. The van der Waals surface area contributed by atoms with E-state index in [0.717, 1.165) is 28.8 Å². The fraction of sp³-hybridized carbons (Fsp3) is 0.450. The van der Waals surface area contributed by atoms with Crippen molar-refractivity contribution in [1.29, 1.82) is 0 Å². The third kappa shape index (κ3) is 7.01. The van der Waals surface area contributed by atoms with E-state index in [9.17, 15) is 4.79 Å². The number of hydrogen-bond donors (Lipinski definition) is 1. The van der Waals surface area contributed by atoms with Crippen molar-refractivity contribution in [3.05, 3.63) is 47.8 Å². The minimum absolute atomic E-state index is 0.184. The third-order valence-corrected chi connectivity index (χ3v) is 3.36. The highest BCUT2D eigenvalue weighted by Gasteiger charge is 2.19. The predicted molar refractivity (Wildman–Crippen MR) is 106 cm³/mol. The van der Waals surface area contributed by atoms with Gasteiger partial charge in [-0.1, -0.05) is 6.58 Å². The van der Waals surface area contributed by atoms with E-state index >= 15 is 0 Å². The van der Waals surface area contributed by atoms with Gasteiger partial charge in [-0.05, 0) is 76.2 Å². The van der Waals surface area contributed by atoms with Crippen molar-refractivity contribution < 1.29 is 4.79 Å². The summed E-state index contributed by atoms with van der Waals surface area (Å²) in [6, 6.07) is 2.07. The lowest BCUT2D eigenvalue weighted by Crippen LogP contribution is -2.44. The quantitative estimate of drug-likeness (QED) is 0.638. The van der Waals surface area contributed by atoms with Gasteiger partial charge >= 0.3 is 0 Å². The molecule has 0 unspecified atom stereocenters. The smallest absolute Gasteiger partial charge is 0.270 e. The van der Waals surface area contributed by atoms with E-state index in [-0.39, 0.29) is 11.4 Å². The third-order valence-electron chi connectivity index (χ3n) is 3.36. The van der Waals surface area contributed by atoms with Gasteiger partial charge < -0.3 is 10.2 Å². The Morgan fingerprint density at radius 3 is 2.52 bits per heavy atom. The van der Waals surface area contributed by atoms with Crippen molar-refractivity contribution >= 4 is 17.2 Å². The number of amides is 1. The molecule has 0 aliphatic rings. The van der Waals surface area contributed by atoms with Crippen LogP contribution in [0.5, 0.6) is 0 Å². The Balaban J connectivity index is 3.00. The summed E-state index contributed by atoms with van der Waals surface area (Å²) in [6.45, 7) is 12.6. The number of hydrogen-bond acceptors (Lipinski definition) is 4. The van der Waals surface area contributed by atoms with Crippen molar-refractivity contribution in [1.82, 2.24) is 15.2 Å². The minimum atomic E-state index is -0.311. The van der Waals surface area contributed by atoms with Gasteiger partial charge in [0.25, 0.3) is 5.91 Å². The normalized spacial score (nSPS) is 13.1. The molecule has 1 aromatic rings. The van der Waals surface area contributed by atoms with Crippen LogP contribution in [0.25, 0.3) is 5.57 Å². The Morgan fingerprint density at radius 2 is 2.00 bits per heavy atom. The Kier molecular flexibility index (Phi) is 7.24. The SMILES string of the molecule is C=C(C=C(C)C(=NC)C(=O)NC(C)(C)C)c1cncc(CN(C)C)c1. The molecule has 136 valence electrons. The Labute approximate surface area is 151 Å². The van der Waals surface area contributed by atoms with E-state index in [2.05, 4.69) is 32.8 Å². The molecule has 0 bridgehead atoms. The number of rotatable bonds is 6. The maximum absolute atomic E-state index is 12.4. The van der Waals surface area contributed by atoms with Gasteiger partial charge in [-0.3, -0.25) is 14.8 Å². The maximum Gasteiger partial charge on any atom is 0.270 e. The first-order valence-corrected chi connectivity index (χ1v) is 8.29. The van der Waals surface area contributed by atoms with Crippen LogP contribution in [0.15, 0.2) is 41.7 Å². The number of aliphatic imine (C=N–C) groups is 1. The molecule has 0 aliphatic carbocycles. The molecule has 0 saturated heterocycles. The second kappa shape index (κ2) is 8.72. The summed E-state index contributed by atoms with van der Waals surface area (Å²) >= 11 is 0. The van der Waals surface area contributed by atoms with Gasteiger partial charge in [0.15, 0.2) is 0 Å². The molecule has 1 N–H and O–H groups in total. The fourth-order valence-corrected chi connectivity index (χ4v) is 2.38. The summed E-state index contributed by atoms with van der Waals surface area (Å²) in [5.41, 5.74) is 3.72. The number of nitrogens with zero attached hydrogens (tertiary/aromatic N) is 3. The minimum Gasteiger partial charge on any atom is -0.346 e. The highest BCUT2D eigenvalue weighted by Crippen LogP contribution is 2.17. The van der Waals surface area contributed by atoms with Gasteiger partial charge in [0.1, 0.15) is 5.71 Å². The lowest BCUT2D eigenvalue weighted by atomic mass is 10.0. The van der Waals surface area contributed by atoms with Crippen LogP contribution in [0.1, 0.15) is 38.8 Å². The van der Waals surface area contributed by atoms with E-state index < -0.39 is 0 Å². The molecule has 5 heteroatoms. The summed E-state index contributed by atoms with van der Waals surface area (Å²) in [5, 5.41) is 2.94. The topological polar surface area (TPSA) is 57.6 Å². The Bertz CT molecular complexity index is 694. The number of carbonyl (C=O) groups excluding carboxylic acids is 1. The van der Waals surface area contributed by atoms with Crippen molar-refractivity contribution in [2.75, 3.05) is 21.1 Å². The molecule has 5 nitrogen and oxygen atoms in total. The molecule has 25 heavy (non-hydrogen) atoms. The monoisotopic (exact) mass is 342 g/mol. The largest absolute Gasteiger partial charge is 0.346 e. The van der Waals surface area contributed by atoms with Gasteiger partial charge in [0.05, 0.1) is 0 Å². The van der Waals surface area contributed by atoms with Crippen LogP contribution >= 0.6 is 0 Å². The van der Waals surface area contributed by atoms with Crippen molar-refractivity contribution in [2.45, 2.75) is 39.8 Å². The lowest BCUT2D eigenvalue weighted by Gasteiger charge is -2.21. The highest BCUT2D eigenvalue weighted by molar-refractivity contribution is 6.45. The first kappa shape index (κ1) is 20.8. The zero-order valence-corrected chi connectivity index (χ0v) is 16.5. The van der Waals surface area contributed by atoms with E-state index in [4.69, 9.17) is 0 Å². The second-order valence-corrected chi connectivity index (χ2v) is 7.45. The van der Waals surface area contributed by atoms with Crippen LogP contribution in [0.2, 0.25) is 0 Å². The lowest BCUT2D eigenvalue weighted by molar-refractivity contribution is -0.116. The number of carbonyl (C=O) groups is 1. The van der Waals surface area contributed by atoms with Crippen LogP contribution in [0.3, 0.4) is 0 Å². The molecule has 0 radical (unpaired) electrons. The molecule has 0 spiro atoms. The van der Waals surface area contributed by atoms with Gasteiger partial charge in [-0.25, -0.2) is 0 Å². The van der Waals surface area contributed by atoms with Crippen LogP contribution in [-0.2, 0) is 11.3 Å². The van der Waals surface area contributed by atoms with Crippen LogP contribution < -0.4 is 5.32 Å². The Hall–Kier alpha value is -2.27. The summed E-state index contributed by atoms with van der Waals surface area (Å²) in [4.78, 5) is 22.9. The van der Waals surface area contributed by atoms with Crippen LogP contribution in [-0.4, -0.2) is 48.2 Å². The average molecular weight is 342 g/mol. The molecular weight excluding hydrogens is 312 g/mol. The van der Waals surface area contributed by atoms with Crippen molar-refractivity contribution in [3.63, 3.8) is 0 Å². The van der Waals surface area contributed by atoms with Gasteiger partial charge in [0.2, 0.25) is 0 Å². The van der Waals surface area contributed by atoms with E-state index in [1.807, 2.05) is 54.1 Å². The second-order valence-electron chi connectivity index (χ2n) is 7.45. The molecule has 0 atom stereocenters. The highest BCUT2D eigenvalue weighted by atomic mass is 16.2. The van der Waals surface area contributed by atoms with Gasteiger partial charge in [-0.2, -0.15) is 0 Å². The summed E-state index contributed by atoms with van der Waals surface area (Å²) in [7, 11) is 5.66. The number of pyridine rings is 1. The molecule has 0 aromatic carbocycles. The standard InChI is InChI=1S/C20H30N4O/c1-14(17-10-16(11-22-12-17)13-24(7)8)9-15(2)18(21-6)19(25)23-20(3,4)5/h9-12H,1,13H2,2-8H3,(H,23,25). The van der Waals surface area contributed by atoms with Gasteiger partial charge in [-0.15, -0.1) is 0 Å². The molecule has 1 heterocycles. The van der Waals surface area contributed by atoms with Crippen molar-refractivity contribution in [3.8, 4) is 0 Å². The number of aromatic nitrogens is 1. The summed E-state index contributed by atoms with van der Waals surface area (Å²) < 4.78 is 0. The van der Waals surface area contributed by atoms with E-state index in [1.165, 1.54) is 0 Å². The number of nitrogens with one attached hydrogen (secondary N) is 1. The molecule has 1 rings (SSSR count). The average Bonchev–Trinajstić information content (AvgIpc) is 2.45. The summed E-state index contributed by atoms with van der Waals surface area (Å²) in [5.74, 6) is -0.184. The van der Waals surface area contributed by atoms with Crippen LogP contribution in [0.4, 0.5) is 0 Å². The zero-order valence-electron chi connectivity index (χ0n) is 16.5. The van der Waals surface area contributed by atoms with Crippen molar-refractivity contribution in [2.24, 2.45) is 4.99 Å². The number of allylic oxidation sites excluding steroid dienone is 2. The molecule has 0 saturated carbocycles. The summed E-state index contributed by atoms with van der Waals surface area (Å²) in [6.07, 6.45) is 5.51. The van der Waals surface area contributed by atoms with E-state index in [1.54, 1.807) is 13.2 Å². The fourth-order valence-electron chi connectivity index (χ4n) is 2.38. The van der Waals surface area contributed by atoms with Gasteiger partial charge in [0, 0.05) is 31.5 Å². The first-order chi connectivity index (χ1) is 11.5. The molecular formula is C20H30N4O. The van der Waals surface area contributed by atoms with Crippen LogP contribution in [0, 0.1) is 0 Å². The predicted octanol–water partition coefficient (Wildman–Crippen LogP) is 3.09. The molecule has 0 fully saturated rings. The first-order valence-electron chi connectivity index (χ1n) is 8.29.